The van der Waals surface area contributed by atoms with Crippen LogP contribution < -0.4 is 0 Å². The van der Waals surface area contributed by atoms with Crippen LogP contribution in [0.3, 0.4) is 0 Å². The fraction of sp³-hybridized carbons (Fsp3) is 0.750. The topological polar surface area (TPSA) is 82.1 Å². The number of aliphatic carboxylic acids is 1. The number of carbonyl (C=O) groups excluding carboxylic acids is 1. The number of esters is 1. The third-order valence-corrected chi connectivity index (χ3v) is 7.34. The monoisotopic (exact) mass is 302 g/mol. The molecule has 0 radical (unpaired) electrons. The summed E-state index contributed by atoms with van der Waals surface area (Å²) in [4.78, 5) is 21.5. The summed E-state index contributed by atoms with van der Waals surface area (Å²) in [5.41, 5.74) is -3.01. The van der Waals surface area contributed by atoms with E-state index in [9.17, 15) is 9.59 Å². The summed E-state index contributed by atoms with van der Waals surface area (Å²) in [6.45, 7) is 1.63. The van der Waals surface area contributed by atoms with Crippen molar-refractivity contribution in [2.75, 3.05) is 14.2 Å². The molecule has 6 nitrogen and oxygen atoms in total. The van der Waals surface area contributed by atoms with E-state index in [-0.39, 0.29) is 12.8 Å². The second-order valence-corrected chi connectivity index (χ2v) is 9.58. The lowest BCUT2D eigenvalue weighted by Crippen LogP contribution is -2.13. The molecule has 0 bridgehead atoms. The van der Waals surface area contributed by atoms with Crippen LogP contribution >= 0.6 is 17.1 Å². The summed E-state index contributed by atoms with van der Waals surface area (Å²) < 4.78 is 15.0. The van der Waals surface area contributed by atoms with Crippen molar-refractivity contribution in [3.05, 3.63) is 0 Å². The molecular weight excluding hydrogens is 287 g/mol. The largest absolute Gasteiger partial charge is 0.481 e. The minimum Gasteiger partial charge on any atom is -0.481 e. The Hall–Kier alpha value is -0.140. The second-order valence-electron chi connectivity index (χ2n) is 2.87. The van der Waals surface area contributed by atoms with Crippen molar-refractivity contribution in [3.8, 4) is 0 Å². The molecule has 0 aromatic carbocycles. The third-order valence-electron chi connectivity index (χ3n) is 1.57. The fourth-order valence-electron chi connectivity index (χ4n) is 0.817. The highest BCUT2D eigenvalue weighted by molar-refractivity contribution is 8.68. The molecule has 1 N–H and O–H groups in total. The van der Waals surface area contributed by atoms with Crippen LogP contribution in [-0.2, 0) is 35.2 Å². The predicted octanol–water partition coefficient (Wildman–Crippen LogP) is 1.99. The summed E-state index contributed by atoms with van der Waals surface area (Å²) in [7, 11) is 2.85. The smallest absolute Gasteiger partial charge is 0.307 e. The van der Waals surface area contributed by atoms with Gasteiger partial charge in [0, 0.05) is 14.2 Å². The first-order valence-corrected chi connectivity index (χ1v) is 8.76. The maximum Gasteiger partial charge on any atom is 0.307 e. The zero-order chi connectivity index (χ0) is 13.5. The fourth-order valence-corrected chi connectivity index (χ4v) is 4.48. The number of carboxylic acids is 1. The van der Waals surface area contributed by atoms with Gasteiger partial charge in [-0.15, -0.1) is 0 Å². The van der Waals surface area contributed by atoms with Gasteiger partial charge in [-0.05, 0) is 30.1 Å². The number of hydrogen-bond donors (Lipinski definition) is 1. The zero-order valence-electron chi connectivity index (χ0n) is 9.74. The van der Waals surface area contributed by atoms with Crippen LogP contribution in [0.1, 0.15) is 19.8 Å². The van der Waals surface area contributed by atoms with Crippen LogP contribution in [0.4, 0.5) is 0 Å². The molecule has 0 saturated carbocycles. The predicted molar refractivity (Wildman–Crippen MR) is 68.3 cm³/mol. The van der Waals surface area contributed by atoms with Gasteiger partial charge in [-0.3, -0.25) is 9.59 Å². The van der Waals surface area contributed by atoms with Gasteiger partial charge in [0.15, 0.2) is 5.44 Å². The maximum absolute atomic E-state index is 11.2. The summed E-state index contributed by atoms with van der Waals surface area (Å²) in [6.07, 6.45) is -0.415. The van der Waals surface area contributed by atoms with E-state index in [1.165, 1.54) is 14.2 Å². The molecule has 0 aromatic rings. The van der Waals surface area contributed by atoms with E-state index >= 15 is 0 Å². The second kappa shape index (κ2) is 8.05. The first-order valence-electron chi connectivity index (χ1n) is 4.64. The summed E-state index contributed by atoms with van der Waals surface area (Å²) in [5, 5.41) is 8.39. The SMILES string of the molecule is COP(=S)(OC)SC(C)OC(=O)CCC(=O)O. The summed E-state index contributed by atoms with van der Waals surface area (Å²) in [5.74, 6) is -1.62. The van der Waals surface area contributed by atoms with Crippen molar-refractivity contribution in [1.29, 1.82) is 0 Å². The molecule has 0 saturated heterocycles. The van der Waals surface area contributed by atoms with Gasteiger partial charge >= 0.3 is 11.9 Å². The van der Waals surface area contributed by atoms with Gasteiger partial charge in [0.1, 0.15) is 0 Å². The van der Waals surface area contributed by atoms with Gasteiger partial charge in [-0.2, -0.15) is 0 Å². The molecule has 0 rings (SSSR count). The number of carboxylic acid groups (broad SMARTS) is 1. The highest BCUT2D eigenvalue weighted by atomic mass is 32.9. The zero-order valence-corrected chi connectivity index (χ0v) is 12.3. The Morgan fingerprint density at radius 3 is 2.29 bits per heavy atom. The average Bonchev–Trinajstić information content (AvgIpc) is 2.26. The normalized spacial score (nSPS) is 13.1. The molecule has 0 fully saturated rings. The van der Waals surface area contributed by atoms with E-state index in [0.29, 0.717) is 0 Å². The first-order chi connectivity index (χ1) is 7.83. The van der Waals surface area contributed by atoms with Crippen molar-refractivity contribution in [1.82, 2.24) is 0 Å². The number of ether oxygens (including phenoxy) is 1. The van der Waals surface area contributed by atoms with Gasteiger partial charge in [-0.25, -0.2) is 0 Å². The number of hydrogen-bond acceptors (Lipinski definition) is 7. The first kappa shape index (κ1) is 16.9. The number of carbonyl (C=O) groups is 2. The molecule has 0 aliphatic heterocycles. The molecule has 0 amide bonds. The van der Waals surface area contributed by atoms with Crippen LogP contribution in [0.15, 0.2) is 0 Å². The van der Waals surface area contributed by atoms with Crippen molar-refractivity contribution in [2.24, 2.45) is 0 Å². The lowest BCUT2D eigenvalue weighted by atomic mass is 10.3. The molecule has 100 valence electrons. The minimum atomic E-state index is -2.48. The molecule has 0 aliphatic carbocycles. The Bertz CT molecular complexity index is 313. The van der Waals surface area contributed by atoms with Crippen LogP contribution in [0.25, 0.3) is 0 Å². The van der Waals surface area contributed by atoms with Crippen LogP contribution in [0, 0.1) is 0 Å². The maximum atomic E-state index is 11.2. The standard InChI is InChI=1S/C8H15O6PS2/c1-6(17-15(16,12-2)13-3)14-8(11)5-4-7(9)10/h6H,4-5H2,1-3H3,(H,9,10). The number of rotatable bonds is 8. The van der Waals surface area contributed by atoms with Crippen molar-refractivity contribution >= 4 is 40.8 Å². The van der Waals surface area contributed by atoms with E-state index < -0.39 is 23.1 Å². The van der Waals surface area contributed by atoms with E-state index in [4.69, 9.17) is 30.7 Å². The molecule has 9 heteroatoms. The van der Waals surface area contributed by atoms with Crippen LogP contribution in [0.5, 0.6) is 0 Å². The Morgan fingerprint density at radius 1 is 1.35 bits per heavy atom. The van der Waals surface area contributed by atoms with Gasteiger partial charge in [0.25, 0.3) is 0 Å². The Kier molecular flexibility index (Phi) is 7.98. The molecule has 0 spiro atoms. The van der Waals surface area contributed by atoms with Crippen LogP contribution in [0.2, 0.25) is 0 Å². The summed E-state index contributed by atoms with van der Waals surface area (Å²) >= 11 is 6.18. The minimum absolute atomic E-state index is 0.164. The molecule has 17 heavy (non-hydrogen) atoms. The van der Waals surface area contributed by atoms with Gasteiger partial charge in [0.05, 0.1) is 12.8 Å². The molecule has 0 aliphatic rings. The van der Waals surface area contributed by atoms with Crippen molar-refractivity contribution < 1.29 is 28.5 Å². The molecule has 1 atom stereocenters. The van der Waals surface area contributed by atoms with Gasteiger partial charge in [-0.1, -0.05) is 0 Å². The van der Waals surface area contributed by atoms with E-state index in [0.717, 1.165) is 11.4 Å². The summed E-state index contributed by atoms with van der Waals surface area (Å²) in [6, 6.07) is 0. The Balaban J connectivity index is 4.09. The van der Waals surface area contributed by atoms with E-state index in [1.54, 1.807) is 6.92 Å². The highest BCUT2D eigenvalue weighted by Crippen LogP contribution is 2.61. The Labute approximate surface area is 109 Å². The van der Waals surface area contributed by atoms with Crippen molar-refractivity contribution in [3.63, 3.8) is 0 Å². The van der Waals surface area contributed by atoms with E-state index in [1.807, 2.05) is 0 Å². The molecule has 1 unspecified atom stereocenters. The van der Waals surface area contributed by atoms with Gasteiger partial charge in [0.2, 0.25) is 5.69 Å². The Morgan fingerprint density at radius 2 is 1.88 bits per heavy atom. The van der Waals surface area contributed by atoms with Crippen molar-refractivity contribution in [2.45, 2.75) is 25.2 Å². The molecular formula is C8H15O6PS2. The van der Waals surface area contributed by atoms with E-state index in [2.05, 4.69) is 0 Å². The van der Waals surface area contributed by atoms with Gasteiger partial charge < -0.3 is 18.9 Å². The lowest BCUT2D eigenvalue weighted by Gasteiger charge is -2.20. The lowest BCUT2D eigenvalue weighted by molar-refractivity contribution is -0.148. The van der Waals surface area contributed by atoms with Crippen LogP contribution in [-0.4, -0.2) is 36.7 Å². The quantitative estimate of drug-likeness (QED) is 0.414. The molecule has 0 aromatic heterocycles. The molecule has 0 heterocycles. The highest BCUT2D eigenvalue weighted by Gasteiger charge is 2.23. The average molecular weight is 302 g/mol. The third kappa shape index (κ3) is 7.72.